The number of aromatic nitrogens is 3. The Balaban J connectivity index is 1.51. The standard InChI is InChI=1S/C22H26FN5O3/c1-14(2)20-19(23)21(25-13-24-20)26(3)15-7-6-10-27(11-15)18(29)12-28-16-8-4-5-9-17(16)31-22(28)30/h4-5,8-9,13-15H,6-7,10-12H2,1-3H3. The second kappa shape index (κ2) is 8.49. The molecule has 2 aromatic heterocycles. The summed E-state index contributed by atoms with van der Waals surface area (Å²) in [6.07, 6.45) is 2.98. The van der Waals surface area contributed by atoms with Gasteiger partial charge in [0.25, 0.3) is 0 Å². The van der Waals surface area contributed by atoms with Gasteiger partial charge in [-0.3, -0.25) is 9.36 Å². The molecule has 1 aliphatic rings. The summed E-state index contributed by atoms with van der Waals surface area (Å²) in [6, 6.07) is 6.95. The van der Waals surface area contributed by atoms with Crippen LogP contribution in [0.5, 0.6) is 0 Å². The van der Waals surface area contributed by atoms with E-state index in [0.29, 0.717) is 29.9 Å². The SMILES string of the molecule is CC(C)c1ncnc(N(C)C2CCCN(C(=O)Cn3c(=O)oc4ccccc43)C2)c1F. The van der Waals surface area contributed by atoms with E-state index in [0.717, 1.165) is 12.8 Å². The number of piperidine rings is 1. The Morgan fingerprint density at radius 3 is 2.87 bits per heavy atom. The molecule has 4 rings (SSSR count). The van der Waals surface area contributed by atoms with Crippen molar-refractivity contribution in [1.82, 2.24) is 19.4 Å². The summed E-state index contributed by atoms with van der Waals surface area (Å²) < 4.78 is 21.5. The minimum Gasteiger partial charge on any atom is -0.408 e. The van der Waals surface area contributed by atoms with Gasteiger partial charge in [-0.1, -0.05) is 26.0 Å². The summed E-state index contributed by atoms with van der Waals surface area (Å²) >= 11 is 0. The molecule has 1 unspecified atom stereocenters. The number of rotatable bonds is 5. The fourth-order valence-electron chi connectivity index (χ4n) is 4.09. The molecule has 8 nitrogen and oxygen atoms in total. The Morgan fingerprint density at radius 2 is 2.10 bits per heavy atom. The lowest BCUT2D eigenvalue weighted by Crippen LogP contribution is -2.50. The van der Waals surface area contributed by atoms with E-state index in [1.54, 1.807) is 41.1 Å². The van der Waals surface area contributed by atoms with E-state index in [1.165, 1.54) is 10.9 Å². The molecular formula is C22H26FN5O3. The zero-order valence-corrected chi connectivity index (χ0v) is 17.9. The molecule has 3 heterocycles. The lowest BCUT2D eigenvalue weighted by atomic mass is 10.0. The van der Waals surface area contributed by atoms with Crippen molar-refractivity contribution >= 4 is 22.8 Å². The van der Waals surface area contributed by atoms with Crippen LogP contribution in [0.1, 0.15) is 38.3 Å². The topological polar surface area (TPSA) is 84.5 Å². The summed E-state index contributed by atoms with van der Waals surface area (Å²) in [5.74, 6) is -0.945. The van der Waals surface area contributed by atoms with Crippen LogP contribution in [-0.4, -0.2) is 51.5 Å². The summed E-state index contributed by atoms with van der Waals surface area (Å²) in [6.45, 7) is 4.71. The molecule has 31 heavy (non-hydrogen) atoms. The molecule has 1 aromatic carbocycles. The molecule has 1 atom stereocenters. The zero-order chi connectivity index (χ0) is 22.1. The van der Waals surface area contributed by atoms with Gasteiger partial charge in [-0.15, -0.1) is 0 Å². The molecule has 1 fully saturated rings. The van der Waals surface area contributed by atoms with Crippen molar-refractivity contribution in [2.24, 2.45) is 0 Å². The highest BCUT2D eigenvalue weighted by atomic mass is 19.1. The molecule has 0 spiro atoms. The Hall–Kier alpha value is -3.23. The van der Waals surface area contributed by atoms with Gasteiger partial charge in [-0.2, -0.15) is 0 Å². The first-order chi connectivity index (χ1) is 14.9. The number of hydrogen-bond acceptors (Lipinski definition) is 6. The van der Waals surface area contributed by atoms with Gasteiger partial charge < -0.3 is 14.2 Å². The van der Waals surface area contributed by atoms with Crippen molar-refractivity contribution in [3.8, 4) is 0 Å². The van der Waals surface area contributed by atoms with Crippen molar-refractivity contribution in [2.45, 2.75) is 45.2 Å². The molecule has 1 amide bonds. The maximum absolute atomic E-state index is 14.9. The minimum atomic E-state index is -0.551. The van der Waals surface area contributed by atoms with Crippen molar-refractivity contribution < 1.29 is 13.6 Å². The number of anilines is 1. The van der Waals surface area contributed by atoms with Crippen LogP contribution in [0.2, 0.25) is 0 Å². The molecule has 0 N–H and O–H groups in total. The number of oxazole rings is 1. The maximum atomic E-state index is 14.9. The molecule has 0 bridgehead atoms. The first-order valence-electron chi connectivity index (χ1n) is 10.5. The van der Waals surface area contributed by atoms with Gasteiger partial charge in [-0.25, -0.2) is 19.2 Å². The van der Waals surface area contributed by atoms with Crippen molar-refractivity contribution in [3.63, 3.8) is 0 Å². The number of para-hydroxylation sites is 2. The number of carbonyl (C=O) groups is 1. The second-order valence-corrected chi connectivity index (χ2v) is 8.22. The number of likely N-dealkylation sites (N-methyl/N-ethyl adjacent to an activating group) is 1. The van der Waals surface area contributed by atoms with Crippen LogP contribution in [0.15, 0.2) is 39.8 Å². The van der Waals surface area contributed by atoms with Crippen LogP contribution in [0.3, 0.4) is 0 Å². The number of nitrogens with zero attached hydrogens (tertiary/aromatic N) is 5. The van der Waals surface area contributed by atoms with Gasteiger partial charge in [-0.05, 0) is 30.9 Å². The molecule has 9 heteroatoms. The summed E-state index contributed by atoms with van der Waals surface area (Å²) in [5.41, 5.74) is 1.43. The number of halogens is 1. The molecule has 0 radical (unpaired) electrons. The first-order valence-corrected chi connectivity index (χ1v) is 10.5. The lowest BCUT2D eigenvalue weighted by molar-refractivity contribution is -0.133. The van der Waals surface area contributed by atoms with E-state index in [2.05, 4.69) is 9.97 Å². The second-order valence-electron chi connectivity index (χ2n) is 8.22. The van der Waals surface area contributed by atoms with Gasteiger partial charge in [0.2, 0.25) is 5.91 Å². The van der Waals surface area contributed by atoms with Gasteiger partial charge in [0, 0.05) is 26.2 Å². The fourth-order valence-corrected chi connectivity index (χ4v) is 4.09. The average molecular weight is 427 g/mol. The zero-order valence-electron chi connectivity index (χ0n) is 17.9. The van der Waals surface area contributed by atoms with Gasteiger partial charge in [0.15, 0.2) is 17.2 Å². The van der Waals surface area contributed by atoms with E-state index in [-0.39, 0.29) is 30.2 Å². The highest BCUT2D eigenvalue weighted by Crippen LogP contribution is 2.26. The number of benzene rings is 1. The van der Waals surface area contributed by atoms with Crippen LogP contribution in [0, 0.1) is 5.82 Å². The van der Waals surface area contributed by atoms with Gasteiger partial charge >= 0.3 is 5.76 Å². The Morgan fingerprint density at radius 1 is 1.32 bits per heavy atom. The molecule has 1 saturated heterocycles. The molecule has 164 valence electrons. The quantitative estimate of drug-likeness (QED) is 0.623. The summed E-state index contributed by atoms with van der Waals surface area (Å²) in [7, 11) is 1.79. The Kier molecular flexibility index (Phi) is 5.75. The molecule has 3 aromatic rings. The van der Waals surface area contributed by atoms with E-state index >= 15 is 0 Å². The van der Waals surface area contributed by atoms with Crippen molar-refractivity contribution in [3.05, 3.63) is 52.7 Å². The van der Waals surface area contributed by atoms with Crippen LogP contribution < -0.4 is 10.7 Å². The largest absolute Gasteiger partial charge is 0.420 e. The monoisotopic (exact) mass is 427 g/mol. The predicted molar refractivity (Wildman–Crippen MR) is 115 cm³/mol. The third-order valence-corrected chi connectivity index (χ3v) is 5.84. The minimum absolute atomic E-state index is 0.0531. The highest BCUT2D eigenvalue weighted by Gasteiger charge is 2.29. The summed E-state index contributed by atoms with van der Waals surface area (Å²) in [4.78, 5) is 36.9. The third-order valence-electron chi connectivity index (χ3n) is 5.84. The van der Waals surface area contributed by atoms with Crippen molar-refractivity contribution in [1.29, 1.82) is 0 Å². The number of carbonyl (C=O) groups excluding carboxylic acids is 1. The fraction of sp³-hybridized carbons (Fsp3) is 0.455. The lowest BCUT2D eigenvalue weighted by Gasteiger charge is -2.38. The van der Waals surface area contributed by atoms with Crippen LogP contribution >= 0.6 is 0 Å². The Bertz CT molecular complexity index is 1160. The first kappa shape index (κ1) is 21.0. The van der Waals surface area contributed by atoms with E-state index < -0.39 is 11.6 Å². The van der Waals surface area contributed by atoms with Gasteiger partial charge in [0.1, 0.15) is 12.9 Å². The molecular weight excluding hydrogens is 401 g/mol. The molecule has 0 aliphatic carbocycles. The highest BCUT2D eigenvalue weighted by molar-refractivity contribution is 5.79. The maximum Gasteiger partial charge on any atom is 0.420 e. The third kappa shape index (κ3) is 4.04. The van der Waals surface area contributed by atoms with E-state index in [4.69, 9.17) is 4.42 Å². The van der Waals surface area contributed by atoms with Gasteiger partial charge in [0.05, 0.1) is 11.2 Å². The smallest absolute Gasteiger partial charge is 0.408 e. The number of hydrogen-bond donors (Lipinski definition) is 0. The normalized spacial score (nSPS) is 16.8. The van der Waals surface area contributed by atoms with E-state index in [9.17, 15) is 14.0 Å². The van der Waals surface area contributed by atoms with E-state index in [1.807, 2.05) is 13.8 Å². The average Bonchev–Trinajstić information content (AvgIpc) is 3.08. The number of fused-ring (bicyclic) bond motifs is 1. The van der Waals surface area contributed by atoms with Crippen molar-refractivity contribution in [2.75, 3.05) is 25.0 Å². The number of likely N-dealkylation sites (tertiary alicyclic amines) is 1. The van der Waals surface area contributed by atoms with Crippen LogP contribution in [0.4, 0.5) is 10.2 Å². The molecule has 0 saturated carbocycles. The Labute approximate surface area is 179 Å². The van der Waals surface area contributed by atoms with Crippen LogP contribution in [0.25, 0.3) is 11.1 Å². The van der Waals surface area contributed by atoms with Crippen LogP contribution in [-0.2, 0) is 11.3 Å². The summed E-state index contributed by atoms with van der Waals surface area (Å²) in [5, 5.41) is 0. The molecule has 1 aliphatic heterocycles. The predicted octanol–water partition coefficient (Wildman–Crippen LogP) is 2.77. The number of amides is 1.